The number of carbonyl (C=O) groups is 1. The second-order valence-electron chi connectivity index (χ2n) is 10.8. The molecular weight excluding hydrogens is 638 g/mol. The Morgan fingerprint density at radius 1 is 1.06 bits per heavy atom. The topological polar surface area (TPSA) is 171 Å². The standard InChI is InChI=1S/C35H30F2N6O6/c1-3-46-35(45)27(17-21-18-41-24-10-5-4-9-23(21)24)48-30-28(36)33(47-22-8-6-7-20(15-22)32-40-13-14-43(32)2)42-34(29(30)37)49-26-16-19(31(38)39)11-12-25(26)44/h4-16,18,27,41,44H,3,17H2,1-2H3,(H3,38,39). The average Bonchev–Trinajstić information content (AvgIpc) is 3.71. The molecule has 0 fully saturated rings. The van der Waals surface area contributed by atoms with Crippen molar-refractivity contribution in [2.75, 3.05) is 6.61 Å². The number of hydrogen-bond acceptors (Lipinski definition) is 9. The first kappa shape index (κ1) is 32.5. The molecule has 0 spiro atoms. The lowest BCUT2D eigenvalue weighted by Crippen LogP contribution is -2.32. The van der Waals surface area contributed by atoms with Gasteiger partial charge in [0.25, 0.3) is 11.8 Å². The maximum Gasteiger partial charge on any atom is 0.347 e. The minimum atomic E-state index is -1.52. The third-order valence-corrected chi connectivity index (χ3v) is 7.47. The number of fused-ring (bicyclic) bond motifs is 1. The normalized spacial score (nSPS) is 11.7. The van der Waals surface area contributed by atoms with Crippen LogP contribution in [-0.2, 0) is 23.0 Å². The van der Waals surface area contributed by atoms with Gasteiger partial charge in [-0.3, -0.25) is 5.41 Å². The fraction of sp³-hybridized carbons (Fsp3) is 0.143. The number of nitrogens with one attached hydrogen (secondary N) is 2. The molecule has 0 amide bonds. The first-order chi connectivity index (χ1) is 23.6. The highest BCUT2D eigenvalue weighted by atomic mass is 19.1. The Morgan fingerprint density at radius 3 is 2.57 bits per heavy atom. The Balaban J connectivity index is 1.43. The SMILES string of the molecule is CCOC(=O)C(Cc1c[nH]c2ccccc12)Oc1c(F)c(Oc2cccc(-c3nccn3C)c2)nc(Oc2cc(C(=N)N)ccc2O)c1F. The number of halogens is 2. The second kappa shape index (κ2) is 13.7. The minimum Gasteiger partial charge on any atom is -0.504 e. The molecule has 3 heterocycles. The number of aromatic nitrogens is 4. The third kappa shape index (κ3) is 6.83. The summed E-state index contributed by atoms with van der Waals surface area (Å²) in [7, 11) is 1.80. The molecule has 0 bridgehead atoms. The molecule has 0 aliphatic rings. The van der Waals surface area contributed by atoms with Gasteiger partial charge < -0.3 is 39.3 Å². The van der Waals surface area contributed by atoms with Gasteiger partial charge in [0.2, 0.25) is 17.4 Å². The van der Waals surface area contributed by atoms with Crippen molar-refractivity contribution in [2.24, 2.45) is 12.8 Å². The van der Waals surface area contributed by atoms with Gasteiger partial charge in [-0.2, -0.15) is 13.8 Å². The van der Waals surface area contributed by atoms with Crippen LogP contribution in [0.4, 0.5) is 8.78 Å². The molecule has 1 atom stereocenters. The molecule has 49 heavy (non-hydrogen) atoms. The van der Waals surface area contributed by atoms with Crippen LogP contribution in [0.15, 0.2) is 85.3 Å². The number of phenolic OH excluding ortho intramolecular Hbond substituents is 1. The summed E-state index contributed by atoms with van der Waals surface area (Å²) in [5.74, 6) is -6.80. The van der Waals surface area contributed by atoms with Crippen molar-refractivity contribution >= 4 is 22.7 Å². The first-order valence-electron chi connectivity index (χ1n) is 15.0. The smallest absolute Gasteiger partial charge is 0.347 e. The number of rotatable bonds is 12. The summed E-state index contributed by atoms with van der Waals surface area (Å²) in [6, 6.07) is 17.6. The van der Waals surface area contributed by atoms with E-state index in [1.54, 1.807) is 55.3 Å². The highest BCUT2D eigenvalue weighted by Crippen LogP contribution is 2.40. The number of aryl methyl sites for hydroxylation is 1. The lowest BCUT2D eigenvalue weighted by atomic mass is 10.1. The van der Waals surface area contributed by atoms with Gasteiger partial charge in [-0.05, 0) is 48.9 Å². The molecule has 0 saturated carbocycles. The van der Waals surface area contributed by atoms with Crippen molar-refractivity contribution < 1.29 is 37.6 Å². The van der Waals surface area contributed by atoms with E-state index in [1.165, 1.54) is 24.3 Å². The monoisotopic (exact) mass is 668 g/mol. The fourth-order valence-electron chi connectivity index (χ4n) is 5.09. The predicted octanol–water partition coefficient (Wildman–Crippen LogP) is 6.37. The van der Waals surface area contributed by atoms with Crippen LogP contribution in [0.25, 0.3) is 22.3 Å². The molecule has 6 rings (SSSR count). The minimum absolute atomic E-state index is 0.0191. The number of para-hydroxylation sites is 1. The van der Waals surface area contributed by atoms with E-state index in [0.717, 1.165) is 10.9 Å². The predicted molar refractivity (Wildman–Crippen MR) is 175 cm³/mol. The van der Waals surface area contributed by atoms with Gasteiger partial charge in [-0.25, -0.2) is 9.78 Å². The highest BCUT2D eigenvalue weighted by Gasteiger charge is 2.32. The van der Waals surface area contributed by atoms with Crippen LogP contribution in [-0.4, -0.2) is 49.1 Å². The lowest BCUT2D eigenvalue weighted by molar-refractivity contribution is -0.151. The zero-order valence-corrected chi connectivity index (χ0v) is 26.2. The third-order valence-electron chi connectivity index (χ3n) is 7.47. The highest BCUT2D eigenvalue weighted by molar-refractivity contribution is 5.95. The first-order valence-corrected chi connectivity index (χ1v) is 15.0. The van der Waals surface area contributed by atoms with Crippen LogP contribution in [0, 0.1) is 17.0 Å². The van der Waals surface area contributed by atoms with Crippen molar-refractivity contribution in [3.05, 3.63) is 108 Å². The number of benzene rings is 3. The number of nitrogens with zero attached hydrogens (tertiary/aromatic N) is 3. The number of nitrogen functional groups attached to an aromatic ring is 1. The molecule has 5 N–H and O–H groups in total. The molecule has 12 nitrogen and oxygen atoms in total. The van der Waals surface area contributed by atoms with E-state index < -0.39 is 47.0 Å². The van der Waals surface area contributed by atoms with Gasteiger partial charge in [-0.1, -0.05) is 30.3 Å². The molecule has 0 saturated heterocycles. The molecule has 6 aromatic rings. The number of ether oxygens (including phenoxy) is 4. The van der Waals surface area contributed by atoms with Crippen LogP contribution in [0.2, 0.25) is 0 Å². The van der Waals surface area contributed by atoms with Crippen molar-refractivity contribution in [1.82, 2.24) is 19.5 Å². The molecule has 0 aliphatic heterocycles. The number of aromatic amines is 1. The zero-order valence-electron chi connectivity index (χ0n) is 26.2. The molecule has 14 heteroatoms. The van der Waals surface area contributed by atoms with Crippen molar-refractivity contribution in [3.63, 3.8) is 0 Å². The van der Waals surface area contributed by atoms with Gasteiger partial charge in [0.1, 0.15) is 17.4 Å². The maximum atomic E-state index is 16.3. The van der Waals surface area contributed by atoms with Crippen molar-refractivity contribution in [2.45, 2.75) is 19.4 Å². The van der Waals surface area contributed by atoms with Crippen LogP contribution in [0.1, 0.15) is 18.1 Å². The second-order valence-corrected chi connectivity index (χ2v) is 10.8. The van der Waals surface area contributed by atoms with Gasteiger partial charge in [0.15, 0.2) is 17.6 Å². The Labute approximate surface area is 278 Å². The number of amidine groups is 1. The quantitative estimate of drug-likeness (QED) is 0.0657. The molecule has 250 valence electrons. The number of phenols is 1. The van der Waals surface area contributed by atoms with E-state index in [1.807, 2.05) is 24.3 Å². The van der Waals surface area contributed by atoms with Crippen LogP contribution < -0.4 is 19.9 Å². The summed E-state index contributed by atoms with van der Waals surface area (Å²) in [6.07, 6.45) is 3.40. The van der Waals surface area contributed by atoms with Gasteiger partial charge in [0.05, 0.1) is 6.61 Å². The Bertz CT molecular complexity index is 2180. The molecule has 0 radical (unpaired) electrons. The summed E-state index contributed by atoms with van der Waals surface area (Å²) < 4.78 is 56.7. The van der Waals surface area contributed by atoms with Gasteiger partial charge in [-0.15, -0.1) is 0 Å². The Morgan fingerprint density at radius 2 is 1.84 bits per heavy atom. The van der Waals surface area contributed by atoms with E-state index in [0.29, 0.717) is 17.0 Å². The molecule has 3 aromatic heterocycles. The molecule has 0 aliphatic carbocycles. The van der Waals surface area contributed by atoms with Crippen LogP contribution >= 0.6 is 0 Å². The van der Waals surface area contributed by atoms with E-state index in [9.17, 15) is 9.90 Å². The van der Waals surface area contributed by atoms with Crippen LogP contribution in [0.3, 0.4) is 0 Å². The number of aromatic hydroxyl groups is 1. The summed E-state index contributed by atoms with van der Waals surface area (Å²) in [5.41, 5.74) is 7.78. The van der Waals surface area contributed by atoms with Gasteiger partial charge in [0, 0.05) is 54.1 Å². The molecule has 1 unspecified atom stereocenters. The number of carbonyl (C=O) groups excluding carboxylic acids is 1. The van der Waals surface area contributed by atoms with E-state index in [-0.39, 0.29) is 35.9 Å². The van der Waals surface area contributed by atoms with E-state index in [4.69, 9.17) is 30.1 Å². The van der Waals surface area contributed by atoms with Crippen molar-refractivity contribution in [1.29, 1.82) is 5.41 Å². The van der Waals surface area contributed by atoms with E-state index >= 15 is 8.78 Å². The number of imidazole rings is 1. The summed E-state index contributed by atoms with van der Waals surface area (Å²) in [4.78, 5) is 24.5. The number of esters is 1. The van der Waals surface area contributed by atoms with Gasteiger partial charge >= 0.3 is 5.97 Å². The summed E-state index contributed by atoms with van der Waals surface area (Å²) in [5, 5.41) is 18.9. The van der Waals surface area contributed by atoms with E-state index in [2.05, 4.69) is 15.0 Å². The van der Waals surface area contributed by atoms with Crippen LogP contribution in [0.5, 0.6) is 34.8 Å². The average molecular weight is 669 g/mol. The number of H-pyrrole nitrogens is 1. The largest absolute Gasteiger partial charge is 0.504 e. The number of nitrogens with two attached hydrogens (primary N) is 1. The Hall–Kier alpha value is -6.44. The molecule has 3 aromatic carbocycles. The number of hydrogen-bond donors (Lipinski definition) is 4. The molecular formula is C35H30F2N6O6. The summed E-state index contributed by atoms with van der Waals surface area (Å²) in [6.45, 7) is 1.57. The van der Waals surface area contributed by atoms with Crippen molar-refractivity contribution in [3.8, 4) is 46.1 Å². The fourth-order valence-corrected chi connectivity index (χ4v) is 5.09. The number of pyridine rings is 1. The maximum absolute atomic E-state index is 16.3. The summed E-state index contributed by atoms with van der Waals surface area (Å²) >= 11 is 0. The zero-order chi connectivity index (χ0) is 34.7. The lowest BCUT2D eigenvalue weighted by Gasteiger charge is -2.20. The Kier molecular flexibility index (Phi) is 9.11.